The Bertz CT molecular complexity index is 570. The summed E-state index contributed by atoms with van der Waals surface area (Å²) in [5.74, 6) is -1.13. The van der Waals surface area contributed by atoms with E-state index in [2.05, 4.69) is 0 Å². The van der Waals surface area contributed by atoms with Crippen LogP contribution in [0.1, 0.15) is 32.5 Å². The molecule has 1 aromatic carbocycles. The molecular formula is C14H15F2NS. The first-order chi connectivity index (χ1) is 8.40. The van der Waals surface area contributed by atoms with Gasteiger partial charge in [0.15, 0.2) is 0 Å². The predicted octanol–water partition coefficient (Wildman–Crippen LogP) is 4.00. The Morgan fingerprint density at radius 1 is 1.00 bits per heavy atom. The summed E-state index contributed by atoms with van der Waals surface area (Å²) in [5, 5.41) is 0. The van der Waals surface area contributed by atoms with Crippen LogP contribution in [0.5, 0.6) is 0 Å². The highest BCUT2D eigenvalue weighted by atomic mass is 32.1. The van der Waals surface area contributed by atoms with Gasteiger partial charge in [-0.15, -0.1) is 11.3 Å². The Morgan fingerprint density at radius 2 is 1.67 bits per heavy atom. The lowest BCUT2D eigenvalue weighted by atomic mass is 10.0. The molecule has 0 aliphatic carbocycles. The van der Waals surface area contributed by atoms with Crippen LogP contribution in [-0.2, 0) is 0 Å². The van der Waals surface area contributed by atoms with E-state index in [1.54, 1.807) is 18.3 Å². The van der Waals surface area contributed by atoms with E-state index >= 15 is 0 Å². The molecule has 0 radical (unpaired) electrons. The molecule has 0 saturated heterocycles. The number of hydrogen-bond acceptors (Lipinski definition) is 2. The maximum absolute atomic E-state index is 13.8. The Kier molecular flexibility index (Phi) is 3.50. The van der Waals surface area contributed by atoms with Gasteiger partial charge in [-0.05, 0) is 44.0 Å². The third kappa shape index (κ3) is 2.31. The summed E-state index contributed by atoms with van der Waals surface area (Å²) >= 11 is 1.55. The molecule has 1 heterocycles. The lowest BCUT2D eigenvalue weighted by Gasteiger charge is -2.12. The van der Waals surface area contributed by atoms with Gasteiger partial charge in [0.25, 0.3) is 0 Å². The largest absolute Gasteiger partial charge is 0.320 e. The number of aryl methyl sites for hydroxylation is 3. The van der Waals surface area contributed by atoms with Crippen molar-refractivity contribution in [2.45, 2.75) is 26.8 Å². The monoisotopic (exact) mass is 267 g/mol. The number of nitrogens with two attached hydrogens (primary N) is 1. The lowest BCUT2D eigenvalue weighted by Crippen LogP contribution is -2.13. The van der Waals surface area contributed by atoms with Crippen LogP contribution in [0.3, 0.4) is 0 Å². The van der Waals surface area contributed by atoms with Gasteiger partial charge in [-0.25, -0.2) is 8.78 Å². The smallest absolute Gasteiger partial charge is 0.131 e. The quantitative estimate of drug-likeness (QED) is 0.874. The van der Waals surface area contributed by atoms with E-state index in [0.717, 1.165) is 16.5 Å². The minimum absolute atomic E-state index is 0.343. The van der Waals surface area contributed by atoms with E-state index in [1.165, 1.54) is 10.9 Å². The highest BCUT2D eigenvalue weighted by molar-refractivity contribution is 7.12. The first-order valence-corrected chi connectivity index (χ1v) is 6.50. The molecule has 0 aliphatic rings. The molecule has 2 N–H and O–H groups in total. The molecule has 0 fully saturated rings. The van der Waals surface area contributed by atoms with Gasteiger partial charge in [0.1, 0.15) is 11.6 Å². The molecule has 0 bridgehead atoms. The highest BCUT2D eigenvalue weighted by Crippen LogP contribution is 2.31. The topological polar surface area (TPSA) is 26.0 Å². The van der Waals surface area contributed by atoms with Crippen molar-refractivity contribution in [1.82, 2.24) is 0 Å². The lowest BCUT2D eigenvalue weighted by molar-refractivity contribution is 0.561. The second-order valence-electron chi connectivity index (χ2n) is 4.49. The van der Waals surface area contributed by atoms with E-state index in [1.807, 2.05) is 19.9 Å². The van der Waals surface area contributed by atoms with Crippen LogP contribution in [0.2, 0.25) is 0 Å². The van der Waals surface area contributed by atoms with Crippen LogP contribution in [0, 0.1) is 32.4 Å². The summed E-state index contributed by atoms with van der Waals surface area (Å²) in [6.45, 7) is 5.60. The van der Waals surface area contributed by atoms with Crippen molar-refractivity contribution in [3.8, 4) is 0 Å². The predicted molar refractivity (Wildman–Crippen MR) is 70.9 cm³/mol. The average Bonchev–Trinajstić information content (AvgIpc) is 2.63. The van der Waals surface area contributed by atoms with Crippen molar-refractivity contribution in [2.24, 2.45) is 5.73 Å². The fourth-order valence-electron chi connectivity index (χ4n) is 1.83. The van der Waals surface area contributed by atoms with Crippen LogP contribution in [0.25, 0.3) is 0 Å². The summed E-state index contributed by atoms with van der Waals surface area (Å²) in [6.07, 6.45) is 0. The molecule has 18 heavy (non-hydrogen) atoms. The molecule has 1 unspecified atom stereocenters. The van der Waals surface area contributed by atoms with Gasteiger partial charge in [-0.3, -0.25) is 0 Å². The fourth-order valence-corrected chi connectivity index (χ4v) is 2.89. The van der Waals surface area contributed by atoms with Crippen molar-refractivity contribution in [3.63, 3.8) is 0 Å². The first-order valence-electron chi connectivity index (χ1n) is 5.68. The molecule has 1 nitrogen and oxygen atoms in total. The van der Waals surface area contributed by atoms with E-state index in [4.69, 9.17) is 5.73 Å². The number of benzene rings is 1. The zero-order valence-corrected chi connectivity index (χ0v) is 11.4. The Labute approximate surface area is 109 Å². The van der Waals surface area contributed by atoms with Crippen LogP contribution in [0.4, 0.5) is 8.78 Å². The van der Waals surface area contributed by atoms with Crippen molar-refractivity contribution < 1.29 is 8.78 Å². The van der Waals surface area contributed by atoms with Crippen molar-refractivity contribution in [2.75, 3.05) is 0 Å². The Hall–Kier alpha value is -1.26. The molecule has 2 aromatic rings. The second-order valence-corrected chi connectivity index (χ2v) is 5.78. The minimum Gasteiger partial charge on any atom is -0.320 e. The van der Waals surface area contributed by atoms with Gasteiger partial charge < -0.3 is 5.73 Å². The Morgan fingerprint density at radius 3 is 2.22 bits per heavy atom. The Balaban J connectivity index is 2.45. The van der Waals surface area contributed by atoms with Crippen LogP contribution in [-0.4, -0.2) is 0 Å². The maximum atomic E-state index is 13.8. The van der Waals surface area contributed by atoms with Gasteiger partial charge in [0, 0.05) is 21.4 Å². The number of halogens is 2. The van der Waals surface area contributed by atoms with Crippen molar-refractivity contribution in [3.05, 3.63) is 56.3 Å². The van der Waals surface area contributed by atoms with Gasteiger partial charge in [0.05, 0.1) is 6.04 Å². The summed E-state index contributed by atoms with van der Waals surface area (Å²) in [7, 11) is 0. The maximum Gasteiger partial charge on any atom is 0.131 e. The molecule has 0 saturated carbocycles. The molecule has 96 valence electrons. The van der Waals surface area contributed by atoms with E-state index < -0.39 is 17.7 Å². The molecule has 1 atom stereocenters. The normalized spacial score (nSPS) is 12.8. The third-order valence-corrected chi connectivity index (χ3v) is 4.34. The minimum atomic E-state index is -0.589. The SMILES string of the molecule is Cc1cc(C(N)c2cc(C)c(C)s2)c(F)cc1F. The van der Waals surface area contributed by atoms with E-state index in [9.17, 15) is 8.78 Å². The molecule has 0 aliphatic heterocycles. The zero-order chi connectivity index (χ0) is 13.4. The fraction of sp³-hybridized carbons (Fsp3) is 0.286. The zero-order valence-electron chi connectivity index (χ0n) is 10.6. The number of rotatable bonds is 2. The molecule has 0 amide bonds. The number of thiophene rings is 1. The summed E-state index contributed by atoms with van der Waals surface area (Å²) in [5.41, 5.74) is 7.96. The second kappa shape index (κ2) is 4.78. The molecule has 2 rings (SSSR count). The van der Waals surface area contributed by atoms with Crippen molar-refractivity contribution >= 4 is 11.3 Å². The van der Waals surface area contributed by atoms with E-state index in [0.29, 0.717) is 11.1 Å². The van der Waals surface area contributed by atoms with Crippen LogP contribution >= 0.6 is 11.3 Å². The van der Waals surface area contributed by atoms with Gasteiger partial charge >= 0.3 is 0 Å². The third-order valence-electron chi connectivity index (χ3n) is 3.10. The number of hydrogen-bond donors (Lipinski definition) is 1. The standard InChI is InChI=1S/C14H15F2NS/c1-7-5-13(18-9(7)3)14(17)10-4-8(2)11(15)6-12(10)16/h4-6,14H,17H2,1-3H3. The molecule has 1 aromatic heterocycles. The molecule has 4 heteroatoms. The average molecular weight is 267 g/mol. The summed E-state index contributed by atoms with van der Waals surface area (Å²) < 4.78 is 27.0. The van der Waals surface area contributed by atoms with Gasteiger partial charge in [0.2, 0.25) is 0 Å². The van der Waals surface area contributed by atoms with Crippen LogP contribution < -0.4 is 5.73 Å². The van der Waals surface area contributed by atoms with Crippen LogP contribution in [0.15, 0.2) is 18.2 Å². The first kappa shape index (κ1) is 13.2. The highest BCUT2D eigenvalue weighted by Gasteiger charge is 2.18. The van der Waals surface area contributed by atoms with Gasteiger partial charge in [-0.1, -0.05) is 0 Å². The van der Waals surface area contributed by atoms with E-state index in [-0.39, 0.29) is 0 Å². The molecular weight excluding hydrogens is 252 g/mol. The summed E-state index contributed by atoms with van der Waals surface area (Å²) in [6, 6.07) is 3.81. The summed E-state index contributed by atoms with van der Waals surface area (Å²) in [4.78, 5) is 2.06. The molecule has 0 spiro atoms. The van der Waals surface area contributed by atoms with Crippen molar-refractivity contribution in [1.29, 1.82) is 0 Å². The van der Waals surface area contributed by atoms with Gasteiger partial charge in [-0.2, -0.15) is 0 Å².